The van der Waals surface area contributed by atoms with E-state index in [0.717, 1.165) is 19.4 Å². The molecule has 0 aromatic carbocycles. The number of carbonyl (C=O) groups is 1. The van der Waals surface area contributed by atoms with Crippen LogP contribution in [0.25, 0.3) is 0 Å². The molecule has 0 unspecified atom stereocenters. The molecular weight excluding hydrogens is 326 g/mol. The van der Waals surface area contributed by atoms with Crippen LogP contribution in [0.2, 0.25) is 0 Å². The van der Waals surface area contributed by atoms with Gasteiger partial charge in [0, 0.05) is 24.4 Å². The van der Waals surface area contributed by atoms with Gasteiger partial charge in [0.2, 0.25) is 0 Å². The highest BCUT2D eigenvalue weighted by molar-refractivity contribution is 9.11. The number of likely N-dealkylation sites (N-methyl/N-ethyl adjacent to an activating group) is 1. The fraction of sp³-hybridized carbons (Fsp3) is 0.643. The summed E-state index contributed by atoms with van der Waals surface area (Å²) in [6, 6.07) is 2.20. The van der Waals surface area contributed by atoms with Gasteiger partial charge < -0.3 is 9.64 Å². The number of aryl methyl sites for hydroxylation is 1. The fourth-order valence-electron chi connectivity index (χ4n) is 2.35. The van der Waals surface area contributed by atoms with Gasteiger partial charge in [0.05, 0.1) is 3.79 Å². The standard InChI is InChI=1S/C14H20BrNO2S/c1-14(2,3)18-13(17)16(4)8-9-5-6-11-10(9)7-12(15)19-11/h7,9H,5-6,8H2,1-4H3/t9-/m1/s1. The SMILES string of the molecule is CN(C[C@H]1CCc2sc(Br)cc21)C(=O)OC(C)(C)C. The number of ether oxygens (including phenoxy) is 1. The van der Waals surface area contributed by atoms with Gasteiger partial charge >= 0.3 is 6.09 Å². The lowest BCUT2D eigenvalue weighted by atomic mass is 10.0. The number of hydrogen-bond acceptors (Lipinski definition) is 3. The van der Waals surface area contributed by atoms with Crippen LogP contribution >= 0.6 is 27.3 Å². The molecule has 1 heterocycles. The summed E-state index contributed by atoms with van der Waals surface area (Å²) in [5.74, 6) is 0.440. The second-order valence-corrected chi connectivity index (χ2v) is 8.54. The van der Waals surface area contributed by atoms with Gasteiger partial charge in [0.1, 0.15) is 5.60 Å². The van der Waals surface area contributed by atoms with E-state index in [4.69, 9.17) is 4.74 Å². The monoisotopic (exact) mass is 345 g/mol. The van der Waals surface area contributed by atoms with Crippen LogP contribution in [0.4, 0.5) is 4.79 Å². The molecule has 1 aromatic rings. The minimum Gasteiger partial charge on any atom is -0.444 e. The number of thiophene rings is 1. The first-order valence-electron chi connectivity index (χ1n) is 6.48. The van der Waals surface area contributed by atoms with Crippen molar-refractivity contribution in [2.24, 2.45) is 0 Å². The minimum atomic E-state index is -0.433. The zero-order valence-electron chi connectivity index (χ0n) is 11.8. The van der Waals surface area contributed by atoms with Crippen LogP contribution in [0.15, 0.2) is 9.85 Å². The Morgan fingerprint density at radius 3 is 2.89 bits per heavy atom. The second-order valence-electron chi connectivity index (χ2n) is 6.03. The molecule has 19 heavy (non-hydrogen) atoms. The van der Waals surface area contributed by atoms with Crippen molar-refractivity contribution in [1.82, 2.24) is 4.90 Å². The average Bonchev–Trinajstić information content (AvgIpc) is 2.77. The molecule has 0 saturated carbocycles. The lowest BCUT2D eigenvalue weighted by Crippen LogP contribution is -2.36. The second kappa shape index (κ2) is 5.44. The molecule has 3 nitrogen and oxygen atoms in total. The smallest absolute Gasteiger partial charge is 0.410 e. The van der Waals surface area contributed by atoms with Gasteiger partial charge in [0.25, 0.3) is 0 Å². The molecule has 1 aliphatic rings. The molecule has 1 aliphatic carbocycles. The molecule has 0 aliphatic heterocycles. The molecule has 1 aromatic heterocycles. The summed E-state index contributed by atoms with van der Waals surface area (Å²) in [5.41, 5.74) is 0.963. The predicted octanol–water partition coefficient (Wildman–Crippen LogP) is 4.41. The third-order valence-corrected chi connectivity index (χ3v) is 4.88. The van der Waals surface area contributed by atoms with E-state index in [2.05, 4.69) is 22.0 Å². The Bertz CT molecular complexity index is 478. The van der Waals surface area contributed by atoms with Gasteiger partial charge in [-0.25, -0.2) is 4.79 Å². The molecule has 0 fully saturated rings. The van der Waals surface area contributed by atoms with Crippen LogP contribution < -0.4 is 0 Å². The molecule has 0 saturated heterocycles. The molecule has 0 spiro atoms. The van der Waals surface area contributed by atoms with Crippen molar-refractivity contribution in [2.75, 3.05) is 13.6 Å². The van der Waals surface area contributed by atoms with E-state index in [9.17, 15) is 4.79 Å². The highest BCUT2D eigenvalue weighted by atomic mass is 79.9. The Balaban J connectivity index is 1.97. The van der Waals surface area contributed by atoms with Gasteiger partial charge in [-0.05, 0) is 61.2 Å². The van der Waals surface area contributed by atoms with E-state index in [-0.39, 0.29) is 6.09 Å². The normalized spacial score (nSPS) is 18.3. The van der Waals surface area contributed by atoms with Crippen molar-refractivity contribution in [2.45, 2.75) is 45.1 Å². The van der Waals surface area contributed by atoms with Crippen molar-refractivity contribution < 1.29 is 9.53 Å². The zero-order valence-corrected chi connectivity index (χ0v) is 14.2. The lowest BCUT2D eigenvalue weighted by Gasteiger charge is -2.26. The summed E-state index contributed by atoms with van der Waals surface area (Å²) in [6.45, 7) is 6.40. The molecule has 0 bridgehead atoms. The quantitative estimate of drug-likeness (QED) is 0.794. The van der Waals surface area contributed by atoms with Crippen LogP contribution in [0.3, 0.4) is 0 Å². The van der Waals surface area contributed by atoms with Gasteiger partial charge in [-0.3, -0.25) is 0 Å². The van der Waals surface area contributed by atoms with E-state index in [1.165, 1.54) is 14.2 Å². The summed E-state index contributed by atoms with van der Waals surface area (Å²) in [6.07, 6.45) is 2.01. The number of carbonyl (C=O) groups excluding carboxylic acids is 1. The maximum Gasteiger partial charge on any atom is 0.410 e. The number of amides is 1. The van der Waals surface area contributed by atoms with Crippen LogP contribution in [0, 0.1) is 0 Å². The largest absolute Gasteiger partial charge is 0.444 e. The van der Waals surface area contributed by atoms with Crippen LogP contribution in [-0.2, 0) is 11.2 Å². The number of rotatable bonds is 2. The Morgan fingerprint density at radius 1 is 1.58 bits per heavy atom. The molecule has 1 atom stereocenters. The number of hydrogen-bond donors (Lipinski definition) is 0. The Morgan fingerprint density at radius 2 is 2.26 bits per heavy atom. The molecule has 1 amide bonds. The summed E-state index contributed by atoms with van der Waals surface area (Å²) in [7, 11) is 1.81. The van der Waals surface area contributed by atoms with Gasteiger partial charge in [-0.1, -0.05) is 0 Å². The number of halogens is 1. The first-order valence-corrected chi connectivity index (χ1v) is 8.09. The highest BCUT2D eigenvalue weighted by Gasteiger charge is 2.28. The third kappa shape index (κ3) is 3.72. The van der Waals surface area contributed by atoms with E-state index in [0.29, 0.717) is 5.92 Å². The molecular formula is C14H20BrNO2S. The summed E-state index contributed by atoms with van der Waals surface area (Å²) < 4.78 is 6.57. The molecule has 0 N–H and O–H groups in total. The number of fused-ring (bicyclic) bond motifs is 1. The topological polar surface area (TPSA) is 29.5 Å². The summed E-state index contributed by atoms with van der Waals surface area (Å²) in [4.78, 5) is 15.1. The van der Waals surface area contributed by atoms with Crippen molar-refractivity contribution in [1.29, 1.82) is 0 Å². The summed E-state index contributed by atoms with van der Waals surface area (Å²) in [5, 5.41) is 0. The first-order chi connectivity index (χ1) is 8.76. The molecule has 5 heteroatoms. The third-order valence-electron chi connectivity index (χ3n) is 3.17. The number of nitrogens with zero attached hydrogens (tertiary/aromatic N) is 1. The maximum atomic E-state index is 12.0. The van der Waals surface area contributed by atoms with Crippen LogP contribution in [0.1, 0.15) is 43.6 Å². The Labute approximate surface area is 127 Å². The Kier molecular flexibility index (Phi) is 4.26. The summed E-state index contributed by atoms with van der Waals surface area (Å²) >= 11 is 5.34. The van der Waals surface area contributed by atoms with Crippen molar-refractivity contribution in [3.8, 4) is 0 Å². The van der Waals surface area contributed by atoms with E-state index in [1.54, 1.807) is 4.90 Å². The molecule has 0 radical (unpaired) electrons. The van der Waals surface area contributed by atoms with Crippen molar-refractivity contribution >= 4 is 33.4 Å². The predicted molar refractivity (Wildman–Crippen MR) is 81.9 cm³/mol. The fourth-order valence-corrected chi connectivity index (χ4v) is 4.16. The van der Waals surface area contributed by atoms with Crippen molar-refractivity contribution in [3.63, 3.8) is 0 Å². The van der Waals surface area contributed by atoms with Crippen LogP contribution in [0.5, 0.6) is 0 Å². The zero-order chi connectivity index (χ0) is 14.2. The van der Waals surface area contributed by atoms with E-state index in [1.807, 2.05) is 39.2 Å². The highest BCUT2D eigenvalue weighted by Crippen LogP contribution is 2.41. The van der Waals surface area contributed by atoms with Crippen molar-refractivity contribution in [3.05, 3.63) is 20.3 Å². The lowest BCUT2D eigenvalue weighted by molar-refractivity contribution is 0.0288. The minimum absolute atomic E-state index is 0.241. The maximum absolute atomic E-state index is 12.0. The van der Waals surface area contributed by atoms with Crippen LogP contribution in [-0.4, -0.2) is 30.2 Å². The van der Waals surface area contributed by atoms with E-state index < -0.39 is 5.60 Å². The van der Waals surface area contributed by atoms with Gasteiger partial charge in [0.15, 0.2) is 0 Å². The Hall–Kier alpha value is -0.550. The van der Waals surface area contributed by atoms with Gasteiger partial charge in [-0.2, -0.15) is 0 Å². The van der Waals surface area contributed by atoms with E-state index >= 15 is 0 Å². The van der Waals surface area contributed by atoms with Gasteiger partial charge in [-0.15, -0.1) is 11.3 Å². The average molecular weight is 346 g/mol. The molecule has 106 valence electrons. The first kappa shape index (κ1) is 14.9. The molecule has 2 rings (SSSR count).